The molecule has 0 atom stereocenters. The van der Waals surface area contributed by atoms with Crippen LogP contribution >= 0.6 is 11.8 Å². The normalized spacial score (nSPS) is 10.8. The maximum atomic E-state index is 12.3. The molecular formula is C19H21N3O4S. The van der Waals surface area contributed by atoms with E-state index in [-0.39, 0.29) is 5.56 Å². The number of nitrogens with zero attached hydrogens (tertiary/aromatic N) is 1. The molecular weight excluding hydrogens is 366 g/mol. The van der Waals surface area contributed by atoms with E-state index >= 15 is 0 Å². The minimum atomic E-state index is -0.716. The summed E-state index contributed by atoms with van der Waals surface area (Å²) in [4.78, 5) is 40.9. The molecule has 142 valence electrons. The summed E-state index contributed by atoms with van der Waals surface area (Å²) in [5.74, 6) is -1.40. The molecule has 0 fully saturated rings. The SMILES string of the molecule is CC(C)(C)NC(=O)NC(=O)COC(=O)c1cccnc1Sc1ccccc1. The highest BCUT2D eigenvalue weighted by Crippen LogP contribution is 2.28. The topological polar surface area (TPSA) is 97.4 Å². The molecule has 3 amide bonds. The molecule has 2 aromatic rings. The molecule has 0 aliphatic carbocycles. The molecule has 0 aliphatic heterocycles. The minimum Gasteiger partial charge on any atom is -0.452 e. The lowest BCUT2D eigenvalue weighted by atomic mass is 10.1. The van der Waals surface area contributed by atoms with Gasteiger partial charge in [-0.3, -0.25) is 10.1 Å². The first-order valence-corrected chi connectivity index (χ1v) is 9.03. The minimum absolute atomic E-state index is 0.248. The number of hydrogen-bond donors (Lipinski definition) is 2. The maximum absolute atomic E-state index is 12.3. The fourth-order valence-electron chi connectivity index (χ4n) is 1.97. The van der Waals surface area contributed by atoms with E-state index in [1.54, 1.807) is 39.1 Å². The molecule has 2 N–H and O–H groups in total. The summed E-state index contributed by atoms with van der Waals surface area (Å²) in [7, 11) is 0. The van der Waals surface area contributed by atoms with Gasteiger partial charge < -0.3 is 10.1 Å². The van der Waals surface area contributed by atoms with Gasteiger partial charge in [-0.25, -0.2) is 14.6 Å². The molecule has 0 saturated carbocycles. The molecule has 7 nitrogen and oxygen atoms in total. The summed E-state index contributed by atoms with van der Waals surface area (Å²) in [5.41, 5.74) is -0.237. The fraction of sp³-hybridized carbons (Fsp3) is 0.263. The Bertz CT molecular complexity index is 819. The van der Waals surface area contributed by atoms with E-state index in [1.807, 2.05) is 30.3 Å². The van der Waals surface area contributed by atoms with Gasteiger partial charge in [0.15, 0.2) is 6.61 Å². The molecule has 8 heteroatoms. The first-order chi connectivity index (χ1) is 12.7. The van der Waals surface area contributed by atoms with Crippen molar-refractivity contribution in [2.75, 3.05) is 6.61 Å². The van der Waals surface area contributed by atoms with Gasteiger partial charge in [-0.05, 0) is 45.0 Å². The standard InChI is InChI=1S/C19H21N3O4S/c1-19(2,3)22-18(25)21-15(23)12-26-17(24)14-10-7-11-20-16(14)27-13-8-5-4-6-9-13/h4-11H,12H2,1-3H3,(H2,21,22,23,25). The third-order valence-electron chi connectivity index (χ3n) is 3.02. The van der Waals surface area contributed by atoms with Crippen molar-refractivity contribution >= 4 is 29.7 Å². The zero-order valence-electron chi connectivity index (χ0n) is 15.3. The molecule has 0 radical (unpaired) electrons. The van der Waals surface area contributed by atoms with Crippen LogP contribution in [-0.2, 0) is 9.53 Å². The Kier molecular flexibility index (Phi) is 6.95. The monoisotopic (exact) mass is 387 g/mol. The van der Waals surface area contributed by atoms with Gasteiger partial charge in [-0.2, -0.15) is 0 Å². The van der Waals surface area contributed by atoms with Crippen LogP contribution in [0.5, 0.6) is 0 Å². The lowest BCUT2D eigenvalue weighted by Gasteiger charge is -2.20. The van der Waals surface area contributed by atoms with Gasteiger partial charge in [-0.15, -0.1) is 0 Å². The predicted molar refractivity (Wildman–Crippen MR) is 102 cm³/mol. The number of carbonyl (C=O) groups is 3. The lowest BCUT2D eigenvalue weighted by molar-refractivity contribution is -0.123. The number of amides is 3. The number of rotatable bonds is 5. The van der Waals surface area contributed by atoms with Crippen molar-refractivity contribution in [3.63, 3.8) is 0 Å². The van der Waals surface area contributed by atoms with E-state index in [4.69, 9.17) is 4.74 Å². The van der Waals surface area contributed by atoms with Crippen molar-refractivity contribution in [3.05, 3.63) is 54.2 Å². The molecule has 0 bridgehead atoms. The number of nitrogens with one attached hydrogen (secondary N) is 2. The van der Waals surface area contributed by atoms with Crippen LogP contribution in [-0.4, -0.2) is 35.0 Å². The van der Waals surface area contributed by atoms with Crippen LogP contribution in [0.1, 0.15) is 31.1 Å². The molecule has 0 aliphatic rings. The molecule has 0 unspecified atom stereocenters. The average molecular weight is 387 g/mol. The Morgan fingerprint density at radius 2 is 1.78 bits per heavy atom. The summed E-state index contributed by atoms with van der Waals surface area (Å²) in [6, 6.07) is 12.0. The lowest BCUT2D eigenvalue weighted by Crippen LogP contribution is -2.49. The number of ether oxygens (including phenoxy) is 1. The van der Waals surface area contributed by atoms with Crippen LogP contribution in [0.4, 0.5) is 4.79 Å². The Morgan fingerprint density at radius 3 is 2.44 bits per heavy atom. The number of carbonyl (C=O) groups excluding carboxylic acids is 3. The highest BCUT2D eigenvalue weighted by molar-refractivity contribution is 7.99. The van der Waals surface area contributed by atoms with Gasteiger partial charge in [-0.1, -0.05) is 30.0 Å². The molecule has 0 spiro atoms. The van der Waals surface area contributed by atoms with Gasteiger partial charge in [0.2, 0.25) is 0 Å². The van der Waals surface area contributed by atoms with Crippen LogP contribution in [0.2, 0.25) is 0 Å². The van der Waals surface area contributed by atoms with Gasteiger partial charge >= 0.3 is 12.0 Å². The second-order valence-corrected chi connectivity index (χ2v) is 7.66. The summed E-state index contributed by atoms with van der Waals surface area (Å²) in [6.07, 6.45) is 1.57. The first-order valence-electron chi connectivity index (χ1n) is 8.21. The Balaban J connectivity index is 1.94. The fourth-order valence-corrected chi connectivity index (χ4v) is 2.86. The molecule has 1 aromatic carbocycles. The third kappa shape index (κ3) is 7.10. The van der Waals surface area contributed by atoms with Gasteiger partial charge in [0.25, 0.3) is 5.91 Å². The molecule has 0 saturated heterocycles. The smallest absolute Gasteiger partial charge is 0.341 e. The van der Waals surface area contributed by atoms with Crippen LogP contribution in [0.15, 0.2) is 58.6 Å². The van der Waals surface area contributed by atoms with Crippen LogP contribution in [0.25, 0.3) is 0 Å². The van der Waals surface area contributed by atoms with Gasteiger partial charge in [0, 0.05) is 16.6 Å². The number of aromatic nitrogens is 1. The van der Waals surface area contributed by atoms with Gasteiger partial charge in [0.1, 0.15) is 5.03 Å². The zero-order chi connectivity index (χ0) is 19.9. The quantitative estimate of drug-likeness (QED) is 0.766. The van der Waals surface area contributed by atoms with Crippen LogP contribution in [0, 0.1) is 0 Å². The molecule has 1 heterocycles. The Labute approximate surface area is 161 Å². The largest absolute Gasteiger partial charge is 0.452 e. The van der Waals surface area contributed by atoms with Crippen molar-refractivity contribution in [3.8, 4) is 0 Å². The maximum Gasteiger partial charge on any atom is 0.341 e. The highest BCUT2D eigenvalue weighted by atomic mass is 32.2. The number of hydrogen-bond acceptors (Lipinski definition) is 6. The van der Waals surface area contributed by atoms with E-state index in [1.165, 1.54) is 11.8 Å². The van der Waals surface area contributed by atoms with E-state index in [9.17, 15) is 14.4 Å². The summed E-state index contributed by atoms with van der Waals surface area (Å²) >= 11 is 1.32. The summed E-state index contributed by atoms with van der Waals surface area (Å²) in [6.45, 7) is 4.78. The Morgan fingerprint density at radius 1 is 1.07 bits per heavy atom. The second kappa shape index (κ2) is 9.18. The van der Waals surface area contributed by atoms with E-state index in [0.717, 1.165) is 4.90 Å². The van der Waals surface area contributed by atoms with Crippen molar-refractivity contribution in [1.82, 2.24) is 15.6 Å². The van der Waals surface area contributed by atoms with Gasteiger partial charge in [0.05, 0.1) is 5.56 Å². The summed E-state index contributed by atoms with van der Waals surface area (Å²) in [5, 5.41) is 5.16. The Hall–Kier alpha value is -2.87. The van der Waals surface area contributed by atoms with E-state index in [2.05, 4.69) is 15.6 Å². The molecule has 2 rings (SSSR count). The van der Waals surface area contributed by atoms with Crippen molar-refractivity contribution in [1.29, 1.82) is 0 Å². The number of imide groups is 1. The average Bonchev–Trinajstić information content (AvgIpc) is 2.59. The van der Waals surface area contributed by atoms with Crippen molar-refractivity contribution in [2.24, 2.45) is 0 Å². The second-order valence-electron chi connectivity index (χ2n) is 6.60. The number of urea groups is 1. The third-order valence-corrected chi connectivity index (χ3v) is 4.05. The predicted octanol–water partition coefficient (Wildman–Crippen LogP) is 3.01. The number of esters is 1. The van der Waals surface area contributed by atoms with E-state index < -0.39 is 30.1 Å². The molecule has 1 aromatic heterocycles. The number of benzene rings is 1. The summed E-state index contributed by atoms with van der Waals surface area (Å²) < 4.78 is 5.01. The molecule has 27 heavy (non-hydrogen) atoms. The van der Waals surface area contributed by atoms with Crippen LogP contribution < -0.4 is 10.6 Å². The van der Waals surface area contributed by atoms with Crippen molar-refractivity contribution in [2.45, 2.75) is 36.2 Å². The van der Waals surface area contributed by atoms with Crippen molar-refractivity contribution < 1.29 is 19.1 Å². The zero-order valence-corrected chi connectivity index (χ0v) is 16.1. The first kappa shape index (κ1) is 20.4. The van der Waals surface area contributed by atoms with Crippen LogP contribution in [0.3, 0.4) is 0 Å². The van der Waals surface area contributed by atoms with E-state index in [0.29, 0.717) is 5.03 Å². The highest BCUT2D eigenvalue weighted by Gasteiger charge is 2.19. The number of pyridine rings is 1.